The van der Waals surface area contributed by atoms with Crippen LogP contribution in [0.2, 0.25) is 0 Å². The molecule has 3 aromatic heterocycles. The average molecular weight is 489 g/mol. The first-order valence-electron chi connectivity index (χ1n) is 10.5. The molecule has 4 aromatic rings. The summed E-state index contributed by atoms with van der Waals surface area (Å²) in [6.07, 6.45) is 5.15. The Morgan fingerprint density at radius 2 is 1.79 bits per heavy atom. The van der Waals surface area contributed by atoms with Gasteiger partial charge < -0.3 is 15.3 Å². The Labute approximate surface area is 191 Å². The number of piperidine rings is 1. The molecule has 10 nitrogen and oxygen atoms in total. The maximum absolute atomic E-state index is 14.3. The Kier molecular flexibility index (Phi) is 5.27. The third-order valence-electron chi connectivity index (χ3n) is 6.12. The molecule has 1 fully saturated rings. The Hall–Kier alpha value is -2.80. The first-order valence-corrected chi connectivity index (χ1v) is 13.9. The van der Waals surface area contributed by atoms with Gasteiger partial charge in [0.15, 0.2) is 4.87 Å². The SMILES string of the molecule is CS(=O)(=O)NC(c1nc2c(cnc3[nH]ccc32)[nH]1)(C1CCNCC1)S(=O)(=O)c1ccccc1. The number of hydrogen-bond donors (Lipinski definition) is 4. The number of H-pyrrole nitrogens is 2. The molecule has 0 spiro atoms. The number of sulfonamides is 1. The summed E-state index contributed by atoms with van der Waals surface area (Å²) in [5, 5.41) is 3.94. The van der Waals surface area contributed by atoms with E-state index in [4.69, 9.17) is 4.98 Å². The van der Waals surface area contributed by atoms with Gasteiger partial charge in [-0.15, -0.1) is 0 Å². The number of aromatic nitrogens is 4. The smallest absolute Gasteiger partial charge is 0.210 e. The number of nitrogens with one attached hydrogen (secondary N) is 4. The molecule has 1 aromatic carbocycles. The maximum Gasteiger partial charge on any atom is 0.210 e. The number of imidazole rings is 1. The average Bonchev–Trinajstić information content (AvgIpc) is 3.44. The van der Waals surface area contributed by atoms with Gasteiger partial charge in [0.25, 0.3) is 0 Å². The van der Waals surface area contributed by atoms with E-state index in [-0.39, 0.29) is 10.7 Å². The van der Waals surface area contributed by atoms with E-state index >= 15 is 0 Å². The Morgan fingerprint density at radius 3 is 2.48 bits per heavy atom. The van der Waals surface area contributed by atoms with Crippen molar-refractivity contribution in [2.45, 2.75) is 22.6 Å². The summed E-state index contributed by atoms with van der Waals surface area (Å²) in [6.45, 7) is 1.12. The highest BCUT2D eigenvalue weighted by molar-refractivity contribution is 7.94. The molecule has 4 heterocycles. The van der Waals surface area contributed by atoms with Crippen molar-refractivity contribution >= 4 is 41.9 Å². The third-order valence-corrected chi connectivity index (χ3v) is 9.31. The van der Waals surface area contributed by atoms with Gasteiger partial charge in [-0.05, 0) is 44.1 Å². The number of fused-ring (bicyclic) bond motifs is 3. The van der Waals surface area contributed by atoms with E-state index in [0.29, 0.717) is 48.0 Å². The van der Waals surface area contributed by atoms with Crippen LogP contribution in [0.15, 0.2) is 53.7 Å². The molecule has 1 atom stereocenters. The molecule has 33 heavy (non-hydrogen) atoms. The van der Waals surface area contributed by atoms with E-state index in [9.17, 15) is 16.8 Å². The summed E-state index contributed by atoms with van der Waals surface area (Å²) in [6, 6.07) is 9.70. The fourth-order valence-electron chi connectivity index (χ4n) is 4.66. The predicted molar refractivity (Wildman–Crippen MR) is 125 cm³/mol. The lowest BCUT2D eigenvalue weighted by Gasteiger charge is -2.40. The van der Waals surface area contributed by atoms with E-state index in [1.54, 1.807) is 36.7 Å². The molecule has 1 aliphatic rings. The number of sulfone groups is 1. The van der Waals surface area contributed by atoms with Gasteiger partial charge in [0, 0.05) is 17.5 Å². The Balaban J connectivity index is 1.85. The number of hydrogen-bond acceptors (Lipinski definition) is 7. The van der Waals surface area contributed by atoms with E-state index in [2.05, 4.69) is 25.0 Å². The number of aromatic amines is 2. The minimum atomic E-state index is -4.28. The summed E-state index contributed by atoms with van der Waals surface area (Å²) in [7, 11) is -8.25. The summed E-state index contributed by atoms with van der Waals surface area (Å²) in [5.74, 6) is -0.525. The lowest BCUT2D eigenvalue weighted by Crippen LogP contribution is -2.58. The van der Waals surface area contributed by atoms with Crippen molar-refractivity contribution < 1.29 is 16.8 Å². The van der Waals surface area contributed by atoms with Gasteiger partial charge in [-0.25, -0.2) is 26.8 Å². The van der Waals surface area contributed by atoms with Crippen LogP contribution < -0.4 is 10.0 Å². The summed E-state index contributed by atoms with van der Waals surface area (Å²) >= 11 is 0. The van der Waals surface area contributed by atoms with Crippen LogP contribution in [-0.4, -0.2) is 56.1 Å². The van der Waals surface area contributed by atoms with Crippen molar-refractivity contribution in [1.82, 2.24) is 30.0 Å². The van der Waals surface area contributed by atoms with Crippen molar-refractivity contribution in [3.8, 4) is 0 Å². The van der Waals surface area contributed by atoms with Crippen LogP contribution in [0.3, 0.4) is 0 Å². The molecule has 0 bridgehead atoms. The zero-order chi connectivity index (χ0) is 23.3. The van der Waals surface area contributed by atoms with Crippen molar-refractivity contribution in [1.29, 1.82) is 0 Å². The molecule has 1 unspecified atom stereocenters. The van der Waals surface area contributed by atoms with Crippen molar-refractivity contribution in [3.63, 3.8) is 0 Å². The minimum absolute atomic E-state index is 0.0186. The molecule has 0 radical (unpaired) electrons. The van der Waals surface area contributed by atoms with Gasteiger partial charge in [-0.2, -0.15) is 4.72 Å². The molecule has 0 saturated carbocycles. The zero-order valence-corrected chi connectivity index (χ0v) is 19.5. The molecule has 0 aliphatic carbocycles. The third kappa shape index (κ3) is 3.62. The van der Waals surface area contributed by atoms with Crippen LogP contribution in [0.4, 0.5) is 0 Å². The zero-order valence-electron chi connectivity index (χ0n) is 17.9. The molecule has 0 amide bonds. The van der Waals surface area contributed by atoms with Crippen molar-refractivity contribution in [3.05, 3.63) is 54.6 Å². The lowest BCUT2D eigenvalue weighted by molar-refractivity contribution is 0.258. The second kappa shape index (κ2) is 7.90. The quantitative estimate of drug-likeness (QED) is 0.322. The van der Waals surface area contributed by atoms with Gasteiger partial charge in [-0.3, -0.25) is 0 Å². The molecule has 12 heteroatoms. The molecule has 174 valence electrons. The second-order valence-corrected chi connectivity index (χ2v) is 12.2. The van der Waals surface area contributed by atoms with Crippen LogP contribution in [0, 0.1) is 5.92 Å². The summed E-state index contributed by atoms with van der Waals surface area (Å²) < 4.78 is 56.5. The van der Waals surface area contributed by atoms with Crippen LogP contribution in [0.5, 0.6) is 0 Å². The first kappa shape index (κ1) is 22.0. The molecular formula is C21H24N6O4S2. The first-order chi connectivity index (χ1) is 15.7. The van der Waals surface area contributed by atoms with Crippen LogP contribution >= 0.6 is 0 Å². The fraction of sp³-hybridized carbons (Fsp3) is 0.333. The van der Waals surface area contributed by atoms with Gasteiger partial charge >= 0.3 is 0 Å². The van der Waals surface area contributed by atoms with Gasteiger partial charge in [-0.1, -0.05) is 18.2 Å². The highest BCUT2D eigenvalue weighted by Gasteiger charge is 2.56. The van der Waals surface area contributed by atoms with Crippen molar-refractivity contribution in [2.24, 2.45) is 5.92 Å². The van der Waals surface area contributed by atoms with Crippen LogP contribution in [0.25, 0.3) is 22.1 Å². The summed E-state index contributed by atoms with van der Waals surface area (Å²) in [4.78, 5) is 13.2. The molecule has 1 saturated heterocycles. The standard InChI is InChI=1S/C21H24N6O4S2/c1-32(28,29)27-21(14-7-10-22-11-8-14,33(30,31)15-5-3-2-4-6-15)20-25-17-13-24-19-16(9-12-23-19)18(17)26-20/h2-6,9,12-14,22,27H,7-8,10-11H2,1H3,(H,23,24)(H,25,26). The number of nitrogens with zero attached hydrogens (tertiary/aromatic N) is 2. The number of benzene rings is 1. The molecular weight excluding hydrogens is 464 g/mol. The maximum atomic E-state index is 14.3. The number of rotatable bonds is 6. The van der Waals surface area contributed by atoms with E-state index in [0.717, 1.165) is 6.26 Å². The van der Waals surface area contributed by atoms with Crippen LogP contribution in [-0.2, 0) is 24.7 Å². The van der Waals surface area contributed by atoms with Gasteiger partial charge in [0.2, 0.25) is 19.9 Å². The molecule has 4 N–H and O–H groups in total. The van der Waals surface area contributed by atoms with Gasteiger partial charge in [0.05, 0.1) is 22.9 Å². The highest BCUT2D eigenvalue weighted by Crippen LogP contribution is 2.43. The largest absolute Gasteiger partial charge is 0.346 e. The van der Waals surface area contributed by atoms with Crippen LogP contribution in [0.1, 0.15) is 18.7 Å². The normalized spacial score (nSPS) is 18.0. The number of pyridine rings is 1. The van der Waals surface area contributed by atoms with E-state index < -0.39 is 30.6 Å². The second-order valence-electron chi connectivity index (χ2n) is 8.30. The molecule has 1 aliphatic heterocycles. The molecule has 5 rings (SSSR count). The summed E-state index contributed by atoms with van der Waals surface area (Å²) in [5.41, 5.74) is 1.65. The fourth-order valence-corrected chi connectivity index (χ4v) is 8.29. The monoisotopic (exact) mass is 488 g/mol. The van der Waals surface area contributed by atoms with Gasteiger partial charge in [0.1, 0.15) is 17.0 Å². The van der Waals surface area contributed by atoms with E-state index in [1.807, 2.05) is 0 Å². The topological polar surface area (TPSA) is 150 Å². The van der Waals surface area contributed by atoms with E-state index in [1.165, 1.54) is 12.1 Å². The highest BCUT2D eigenvalue weighted by atomic mass is 32.2. The predicted octanol–water partition coefficient (Wildman–Crippen LogP) is 1.61. The Morgan fingerprint density at radius 1 is 1.06 bits per heavy atom. The Bertz CT molecular complexity index is 1520. The lowest BCUT2D eigenvalue weighted by atomic mass is 9.89. The minimum Gasteiger partial charge on any atom is -0.346 e. The van der Waals surface area contributed by atoms with Crippen molar-refractivity contribution in [2.75, 3.05) is 19.3 Å².